The number of aromatic nitrogens is 1. The van der Waals surface area contributed by atoms with E-state index in [-0.39, 0.29) is 30.0 Å². The second-order valence-corrected chi connectivity index (χ2v) is 5.46. The summed E-state index contributed by atoms with van der Waals surface area (Å²) in [6.07, 6.45) is 3.92. The Balaban J connectivity index is 2.04. The number of pyridine rings is 1. The van der Waals surface area contributed by atoms with Crippen molar-refractivity contribution in [3.63, 3.8) is 0 Å². The van der Waals surface area contributed by atoms with Crippen LogP contribution in [0.15, 0.2) is 29.6 Å². The van der Waals surface area contributed by atoms with Crippen molar-refractivity contribution >= 4 is 11.8 Å². The molecule has 2 N–H and O–H groups in total. The van der Waals surface area contributed by atoms with Gasteiger partial charge in [0.15, 0.2) is 0 Å². The van der Waals surface area contributed by atoms with Gasteiger partial charge in [0.25, 0.3) is 5.56 Å². The molecule has 6 nitrogen and oxygen atoms in total. The third-order valence-electron chi connectivity index (χ3n) is 3.76. The lowest BCUT2D eigenvalue weighted by molar-refractivity contribution is -0.125. The highest BCUT2D eigenvalue weighted by molar-refractivity contribution is 5.83. The number of allylic oxidation sites excluding steroid dienone is 1. The van der Waals surface area contributed by atoms with Crippen molar-refractivity contribution < 1.29 is 9.59 Å². The van der Waals surface area contributed by atoms with Crippen LogP contribution in [0, 0.1) is 0 Å². The van der Waals surface area contributed by atoms with Crippen molar-refractivity contribution in [2.24, 2.45) is 0 Å². The Morgan fingerprint density at radius 2 is 2.23 bits per heavy atom. The van der Waals surface area contributed by atoms with E-state index in [9.17, 15) is 14.4 Å². The summed E-state index contributed by atoms with van der Waals surface area (Å²) in [5.41, 5.74) is 2.09. The average Bonchev–Trinajstić information content (AvgIpc) is 2.48. The fourth-order valence-electron chi connectivity index (χ4n) is 2.76. The summed E-state index contributed by atoms with van der Waals surface area (Å²) in [5.74, 6) is -0.416. The van der Waals surface area contributed by atoms with Crippen molar-refractivity contribution in [1.29, 1.82) is 0 Å². The maximum atomic E-state index is 11.9. The number of fused-ring (bicyclic) bond motifs is 1. The van der Waals surface area contributed by atoms with Gasteiger partial charge >= 0.3 is 0 Å². The summed E-state index contributed by atoms with van der Waals surface area (Å²) in [5, 5.41) is 5.40. The maximum Gasteiger partial charge on any atom is 0.251 e. The van der Waals surface area contributed by atoms with Gasteiger partial charge in [-0.25, -0.2) is 0 Å². The summed E-state index contributed by atoms with van der Waals surface area (Å²) in [7, 11) is 0. The third kappa shape index (κ3) is 3.84. The first-order valence-corrected chi connectivity index (χ1v) is 7.37. The van der Waals surface area contributed by atoms with Gasteiger partial charge < -0.3 is 15.2 Å². The van der Waals surface area contributed by atoms with Crippen LogP contribution in [-0.4, -0.2) is 29.0 Å². The Morgan fingerprint density at radius 3 is 2.91 bits per heavy atom. The highest BCUT2D eigenvalue weighted by Gasteiger charge is 2.22. The SMILES string of the molecule is C=CCn1c2c(ccc1=O)CC(NC(=O)CNC(C)=O)CC2. The zero-order chi connectivity index (χ0) is 16.1. The summed E-state index contributed by atoms with van der Waals surface area (Å²) >= 11 is 0. The van der Waals surface area contributed by atoms with Crippen LogP contribution in [0.3, 0.4) is 0 Å². The lowest BCUT2D eigenvalue weighted by atomic mass is 9.91. The van der Waals surface area contributed by atoms with Gasteiger partial charge in [0, 0.05) is 31.3 Å². The molecule has 0 spiro atoms. The summed E-state index contributed by atoms with van der Waals surface area (Å²) in [6, 6.07) is 3.43. The zero-order valence-electron chi connectivity index (χ0n) is 12.7. The van der Waals surface area contributed by atoms with E-state index in [1.54, 1.807) is 16.7 Å². The minimum atomic E-state index is -0.224. The van der Waals surface area contributed by atoms with Crippen LogP contribution in [0.4, 0.5) is 0 Å². The second kappa shape index (κ2) is 7.06. The van der Waals surface area contributed by atoms with Gasteiger partial charge in [-0.15, -0.1) is 6.58 Å². The highest BCUT2D eigenvalue weighted by Crippen LogP contribution is 2.20. The monoisotopic (exact) mass is 303 g/mol. The van der Waals surface area contributed by atoms with Crippen molar-refractivity contribution in [2.75, 3.05) is 6.54 Å². The summed E-state index contributed by atoms with van der Waals surface area (Å²) in [6.45, 7) is 5.56. The molecule has 2 rings (SSSR count). The van der Waals surface area contributed by atoms with Crippen LogP contribution >= 0.6 is 0 Å². The largest absolute Gasteiger partial charge is 0.351 e. The molecule has 0 saturated carbocycles. The smallest absolute Gasteiger partial charge is 0.251 e. The first kappa shape index (κ1) is 16.0. The van der Waals surface area contributed by atoms with Crippen molar-refractivity contribution in [3.05, 3.63) is 46.4 Å². The van der Waals surface area contributed by atoms with Gasteiger partial charge in [0.05, 0.1) is 6.54 Å². The lowest BCUT2D eigenvalue weighted by Crippen LogP contribution is -2.44. The van der Waals surface area contributed by atoms with Crippen LogP contribution < -0.4 is 16.2 Å². The van der Waals surface area contributed by atoms with E-state index in [0.29, 0.717) is 13.0 Å². The number of nitrogens with one attached hydrogen (secondary N) is 2. The molecule has 1 aromatic heterocycles. The van der Waals surface area contributed by atoms with E-state index in [1.807, 2.05) is 6.07 Å². The molecule has 1 aromatic rings. The standard InChI is InChI=1S/C16H21N3O3/c1-3-8-19-14-6-5-13(9-12(14)4-7-16(19)22)18-15(21)10-17-11(2)20/h3-4,7,13H,1,5-6,8-10H2,2H3,(H,17,20)(H,18,21). The molecule has 1 unspecified atom stereocenters. The summed E-state index contributed by atoms with van der Waals surface area (Å²) < 4.78 is 1.73. The van der Waals surface area contributed by atoms with Crippen molar-refractivity contribution in [3.8, 4) is 0 Å². The van der Waals surface area contributed by atoms with Gasteiger partial charge in [0.1, 0.15) is 0 Å². The van der Waals surface area contributed by atoms with Gasteiger partial charge in [-0.1, -0.05) is 12.1 Å². The molecule has 2 amide bonds. The molecular weight excluding hydrogens is 282 g/mol. The molecule has 22 heavy (non-hydrogen) atoms. The minimum absolute atomic E-state index is 0.00531. The van der Waals surface area contributed by atoms with Crippen LogP contribution in [0.2, 0.25) is 0 Å². The topological polar surface area (TPSA) is 80.2 Å². The van der Waals surface area contributed by atoms with Crippen molar-refractivity contribution in [1.82, 2.24) is 15.2 Å². The third-order valence-corrected chi connectivity index (χ3v) is 3.76. The molecular formula is C16H21N3O3. The number of hydrogen-bond donors (Lipinski definition) is 2. The van der Waals surface area contributed by atoms with E-state index >= 15 is 0 Å². The molecule has 0 fully saturated rings. The molecule has 6 heteroatoms. The van der Waals surface area contributed by atoms with Crippen LogP contribution in [0.5, 0.6) is 0 Å². The van der Waals surface area contributed by atoms with Crippen LogP contribution in [0.25, 0.3) is 0 Å². The molecule has 1 aliphatic carbocycles. The molecule has 118 valence electrons. The molecule has 1 aliphatic rings. The number of carbonyl (C=O) groups excluding carboxylic acids is 2. The molecule has 0 saturated heterocycles. The zero-order valence-corrected chi connectivity index (χ0v) is 12.7. The normalized spacial score (nSPS) is 16.5. The van der Waals surface area contributed by atoms with E-state index in [4.69, 9.17) is 0 Å². The Hall–Kier alpha value is -2.37. The molecule has 0 aromatic carbocycles. The van der Waals surface area contributed by atoms with E-state index in [2.05, 4.69) is 17.2 Å². The molecule has 0 bridgehead atoms. The first-order chi connectivity index (χ1) is 10.5. The number of amides is 2. The van der Waals surface area contributed by atoms with E-state index < -0.39 is 0 Å². The lowest BCUT2D eigenvalue weighted by Gasteiger charge is -2.27. The second-order valence-electron chi connectivity index (χ2n) is 5.46. The number of hydrogen-bond acceptors (Lipinski definition) is 3. The average molecular weight is 303 g/mol. The van der Waals surface area contributed by atoms with Gasteiger partial charge in [-0.05, 0) is 24.8 Å². The Bertz CT molecular complexity index is 649. The maximum absolute atomic E-state index is 11.9. The van der Waals surface area contributed by atoms with Crippen LogP contribution in [0.1, 0.15) is 24.6 Å². The molecule has 0 aliphatic heterocycles. The minimum Gasteiger partial charge on any atom is -0.351 e. The fourth-order valence-corrected chi connectivity index (χ4v) is 2.76. The van der Waals surface area contributed by atoms with Crippen molar-refractivity contribution in [2.45, 2.75) is 38.8 Å². The predicted molar refractivity (Wildman–Crippen MR) is 83.5 cm³/mol. The quantitative estimate of drug-likeness (QED) is 0.760. The number of nitrogens with zero attached hydrogens (tertiary/aromatic N) is 1. The van der Waals surface area contributed by atoms with E-state index in [0.717, 1.165) is 24.1 Å². The fraction of sp³-hybridized carbons (Fsp3) is 0.438. The van der Waals surface area contributed by atoms with Gasteiger partial charge in [0.2, 0.25) is 11.8 Å². The molecule has 1 heterocycles. The summed E-state index contributed by atoms with van der Waals surface area (Å²) in [4.78, 5) is 34.5. The van der Waals surface area contributed by atoms with Gasteiger partial charge in [-0.2, -0.15) is 0 Å². The van der Waals surface area contributed by atoms with Crippen LogP contribution in [-0.2, 0) is 29.0 Å². The highest BCUT2D eigenvalue weighted by atomic mass is 16.2. The Kier molecular flexibility index (Phi) is 5.14. The Morgan fingerprint density at radius 1 is 1.45 bits per heavy atom. The first-order valence-electron chi connectivity index (χ1n) is 7.37. The molecule has 1 atom stereocenters. The number of rotatable bonds is 5. The molecule has 0 radical (unpaired) electrons. The van der Waals surface area contributed by atoms with E-state index in [1.165, 1.54) is 6.92 Å². The number of carbonyl (C=O) groups is 2. The Labute approximate surface area is 129 Å². The van der Waals surface area contributed by atoms with Gasteiger partial charge in [-0.3, -0.25) is 14.4 Å². The predicted octanol–water partition coefficient (Wildman–Crippen LogP) is 0.144.